The summed E-state index contributed by atoms with van der Waals surface area (Å²) in [6.45, 7) is 3.42. The van der Waals surface area contributed by atoms with Gasteiger partial charge in [0.05, 0.1) is 0 Å². The predicted molar refractivity (Wildman–Crippen MR) is 57.1 cm³/mol. The maximum atomic E-state index is 13.8. The fourth-order valence-corrected chi connectivity index (χ4v) is 2.99. The normalized spacial score (nSPS) is 29.6. The van der Waals surface area contributed by atoms with E-state index >= 15 is 0 Å². The summed E-state index contributed by atoms with van der Waals surface area (Å²) in [7, 11) is 0. The molecular weight excluding hydrogens is 177 g/mol. The van der Waals surface area contributed by atoms with E-state index in [9.17, 15) is 4.39 Å². The van der Waals surface area contributed by atoms with Crippen LogP contribution in [0, 0.1) is 11.8 Å². The van der Waals surface area contributed by atoms with E-state index < -0.39 is 5.67 Å². The largest absolute Gasteiger partial charge is 0.310 e. The van der Waals surface area contributed by atoms with Gasteiger partial charge in [0, 0.05) is 13.1 Å². The average Bonchev–Trinajstić information content (AvgIpc) is 2.17. The zero-order valence-corrected chi connectivity index (χ0v) is 9.19. The molecule has 1 saturated heterocycles. The smallest absolute Gasteiger partial charge is 0.136 e. The molecule has 1 nitrogen and oxygen atoms in total. The molecule has 0 radical (unpaired) electrons. The van der Waals surface area contributed by atoms with Crippen molar-refractivity contribution in [2.45, 2.75) is 51.1 Å². The summed E-state index contributed by atoms with van der Waals surface area (Å²) < 4.78 is 13.8. The van der Waals surface area contributed by atoms with Gasteiger partial charge in [0.1, 0.15) is 5.67 Å². The minimum absolute atomic E-state index is 0.586. The third kappa shape index (κ3) is 2.28. The Bertz CT molecular complexity index is 183. The van der Waals surface area contributed by atoms with Crippen LogP contribution >= 0.6 is 0 Å². The van der Waals surface area contributed by atoms with Crippen molar-refractivity contribution in [3.05, 3.63) is 0 Å². The lowest BCUT2D eigenvalue weighted by atomic mass is 9.75. The summed E-state index contributed by atoms with van der Waals surface area (Å²) in [5, 5.41) is 3.04. The summed E-state index contributed by atoms with van der Waals surface area (Å²) in [6.07, 6.45) is 7.59. The molecule has 2 aliphatic rings. The molecule has 0 bridgehead atoms. The first-order valence-electron chi connectivity index (χ1n) is 6.09. The quantitative estimate of drug-likeness (QED) is 0.737. The van der Waals surface area contributed by atoms with Gasteiger partial charge < -0.3 is 5.32 Å². The van der Waals surface area contributed by atoms with Crippen molar-refractivity contribution < 1.29 is 4.39 Å². The molecule has 0 aromatic carbocycles. The Balaban J connectivity index is 1.78. The molecule has 14 heavy (non-hydrogen) atoms. The Labute approximate surface area is 86.5 Å². The van der Waals surface area contributed by atoms with Gasteiger partial charge in [-0.25, -0.2) is 4.39 Å². The van der Waals surface area contributed by atoms with Crippen molar-refractivity contribution in [2.24, 2.45) is 11.8 Å². The first-order valence-corrected chi connectivity index (χ1v) is 6.09. The molecule has 2 fully saturated rings. The van der Waals surface area contributed by atoms with Crippen LogP contribution in [-0.2, 0) is 0 Å². The van der Waals surface area contributed by atoms with Crippen LogP contribution in [0.25, 0.3) is 0 Å². The van der Waals surface area contributed by atoms with Crippen LogP contribution in [0.3, 0.4) is 0 Å². The molecule has 1 aliphatic carbocycles. The minimum atomic E-state index is -0.864. The van der Waals surface area contributed by atoms with Crippen LogP contribution < -0.4 is 5.32 Å². The van der Waals surface area contributed by atoms with E-state index in [2.05, 4.69) is 12.2 Å². The van der Waals surface area contributed by atoms with Gasteiger partial charge in [-0.3, -0.25) is 0 Å². The first-order chi connectivity index (χ1) is 6.70. The van der Waals surface area contributed by atoms with Crippen molar-refractivity contribution in [3.63, 3.8) is 0 Å². The highest BCUT2D eigenvalue weighted by Gasteiger charge is 2.39. The van der Waals surface area contributed by atoms with Crippen LogP contribution in [0.15, 0.2) is 0 Å². The Hall–Kier alpha value is -0.110. The fraction of sp³-hybridized carbons (Fsp3) is 1.00. The zero-order chi connectivity index (χ0) is 10.0. The molecule has 1 atom stereocenters. The van der Waals surface area contributed by atoms with E-state index in [1.807, 2.05) is 0 Å². The topological polar surface area (TPSA) is 12.0 Å². The minimum Gasteiger partial charge on any atom is -0.310 e. The molecule has 1 unspecified atom stereocenters. The lowest BCUT2D eigenvalue weighted by Crippen LogP contribution is -2.57. The second kappa shape index (κ2) is 4.18. The summed E-state index contributed by atoms with van der Waals surface area (Å²) in [4.78, 5) is 0. The molecule has 2 rings (SSSR count). The molecule has 0 amide bonds. The number of halogens is 1. The summed E-state index contributed by atoms with van der Waals surface area (Å²) in [5.41, 5.74) is -0.864. The van der Waals surface area contributed by atoms with Gasteiger partial charge in [-0.2, -0.15) is 0 Å². The summed E-state index contributed by atoms with van der Waals surface area (Å²) >= 11 is 0. The van der Waals surface area contributed by atoms with Crippen LogP contribution in [0.1, 0.15) is 45.4 Å². The van der Waals surface area contributed by atoms with Crippen LogP contribution in [-0.4, -0.2) is 18.8 Å². The predicted octanol–water partition coefficient (Wildman–Crippen LogP) is 2.90. The number of rotatable bonds is 3. The highest BCUT2D eigenvalue weighted by Crippen LogP contribution is 2.36. The molecule has 1 heterocycles. The Morgan fingerprint density at radius 2 is 1.93 bits per heavy atom. The molecule has 0 aromatic heterocycles. The Morgan fingerprint density at radius 1 is 1.29 bits per heavy atom. The lowest BCUT2D eigenvalue weighted by molar-refractivity contribution is 0.0472. The molecule has 82 valence electrons. The zero-order valence-electron chi connectivity index (χ0n) is 9.19. The molecule has 1 aliphatic heterocycles. The van der Waals surface area contributed by atoms with Crippen molar-refractivity contribution >= 4 is 0 Å². The molecule has 2 heteroatoms. The van der Waals surface area contributed by atoms with Crippen molar-refractivity contribution in [2.75, 3.05) is 13.1 Å². The highest BCUT2D eigenvalue weighted by molar-refractivity contribution is 4.95. The number of hydrogen-bond acceptors (Lipinski definition) is 1. The molecule has 1 N–H and O–H groups in total. The van der Waals surface area contributed by atoms with E-state index in [0.717, 1.165) is 12.3 Å². The molecule has 0 spiro atoms. The first kappa shape index (κ1) is 10.4. The third-order valence-corrected chi connectivity index (χ3v) is 4.03. The van der Waals surface area contributed by atoms with Crippen molar-refractivity contribution in [3.8, 4) is 0 Å². The molecule has 1 saturated carbocycles. The fourth-order valence-electron chi connectivity index (χ4n) is 2.99. The van der Waals surface area contributed by atoms with E-state index in [1.54, 1.807) is 0 Å². The molecular formula is C12H22FN. The van der Waals surface area contributed by atoms with E-state index in [-0.39, 0.29) is 0 Å². The second-order valence-corrected chi connectivity index (χ2v) is 5.33. The maximum Gasteiger partial charge on any atom is 0.136 e. The Kier molecular flexibility index (Phi) is 3.10. The summed E-state index contributed by atoms with van der Waals surface area (Å²) in [6, 6.07) is 0. The van der Waals surface area contributed by atoms with Crippen molar-refractivity contribution in [1.82, 2.24) is 5.32 Å². The number of alkyl halides is 1. The van der Waals surface area contributed by atoms with E-state index in [4.69, 9.17) is 0 Å². The molecule has 0 aromatic rings. The van der Waals surface area contributed by atoms with Crippen LogP contribution in [0.2, 0.25) is 0 Å². The lowest BCUT2D eigenvalue weighted by Gasteiger charge is -2.39. The average molecular weight is 199 g/mol. The number of hydrogen-bond donors (Lipinski definition) is 1. The summed E-state index contributed by atoms with van der Waals surface area (Å²) in [5.74, 6) is 1.39. The van der Waals surface area contributed by atoms with Crippen LogP contribution in [0.5, 0.6) is 0 Å². The number of nitrogens with one attached hydrogen (secondary N) is 1. The van der Waals surface area contributed by atoms with Gasteiger partial charge in [-0.15, -0.1) is 0 Å². The van der Waals surface area contributed by atoms with Gasteiger partial charge in [0.2, 0.25) is 0 Å². The van der Waals surface area contributed by atoms with Gasteiger partial charge in [-0.1, -0.05) is 39.0 Å². The third-order valence-electron chi connectivity index (χ3n) is 4.03. The SMILES string of the molecule is CC(CC1(F)CNC1)C1CCCCC1. The maximum absolute atomic E-state index is 13.8. The standard InChI is InChI=1S/C12H22FN/c1-10(7-12(13)8-14-9-12)11-5-3-2-4-6-11/h10-11,14H,2-9H2,1H3. The van der Waals surface area contributed by atoms with Gasteiger partial charge in [-0.05, 0) is 18.3 Å². The second-order valence-electron chi connectivity index (χ2n) is 5.33. The van der Waals surface area contributed by atoms with Crippen molar-refractivity contribution in [1.29, 1.82) is 0 Å². The highest BCUT2D eigenvalue weighted by atomic mass is 19.1. The van der Waals surface area contributed by atoms with Crippen LogP contribution in [0.4, 0.5) is 4.39 Å². The van der Waals surface area contributed by atoms with Gasteiger partial charge in [0.25, 0.3) is 0 Å². The monoisotopic (exact) mass is 199 g/mol. The van der Waals surface area contributed by atoms with E-state index in [0.29, 0.717) is 19.0 Å². The Morgan fingerprint density at radius 3 is 2.43 bits per heavy atom. The van der Waals surface area contributed by atoms with E-state index in [1.165, 1.54) is 32.1 Å². The van der Waals surface area contributed by atoms with Gasteiger partial charge in [0.15, 0.2) is 0 Å². The van der Waals surface area contributed by atoms with Gasteiger partial charge >= 0.3 is 0 Å².